The molecule has 1 nitrogen and oxygen atoms in total. The highest BCUT2D eigenvalue weighted by Crippen LogP contribution is 2.39. The van der Waals surface area contributed by atoms with Crippen molar-refractivity contribution in [2.45, 2.75) is 71.1 Å². The minimum absolute atomic E-state index is 0.156. The molecule has 2 aromatic rings. The molecule has 0 amide bonds. The fraction of sp³-hybridized carbons (Fsp3) is 0.520. The smallest absolute Gasteiger partial charge is 0.403 e. The van der Waals surface area contributed by atoms with E-state index in [0.29, 0.717) is 5.92 Å². The Hall–Kier alpha value is -2.11. The first-order valence-corrected chi connectivity index (χ1v) is 11.0. The molecule has 0 aliphatic heterocycles. The van der Waals surface area contributed by atoms with Gasteiger partial charge < -0.3 is 4.74 Å². The summed E-state index contributed by atoms with van der Waals surface area (Å²) < 4.78 is 69.3. The highest BCUT2D eigenvalue weighted by atomic mass is 19.4. The first-order chi connectivity index (χ1) is 14.7. The molecule has 0 saturated heterocycles. The standard InChI is InChI=1S/C25H29F5O/c1-3-16(2)4-5-17-6-8-18(9-7-17)19-10-12-21(22(26)14-19)20-11-13-24(23(27)15-20)31-25(28,29)30/h10-18H,3-9H2,1-2H3. The van der Waals surface area contributed by atoms with E-state index in [1.807, 2.05) is 6.07 Å². The van der Waals surface area contributed by atoms with E-state index >= 15 is 0 Å². The van der Waals surface area contributed by atoms with Gasteiger partial charge in [0, 0.05) is 5.56 Å². The summed E-state index contributed by atoms with van der Waals surface area (Å²) >= 11 is 0. The second-order valence-corrected chi connectivity index (χ2v) is 8.74. The van der Waals surface area contributed by atoms with E-state index < -0.39 is 23.7 Å². The van der Waals surface area contributed by atoms with Crippen LogP contribution in [0.3, 0.4) is 0 Å². The van der Waals surface area contributed by atoms with Crippen LogP contribution < -0.4 is 4.74 Å². The topological polar surface area (TPSA) is 9.23 Å². The molecule has 31 heavy (non-hydrogen) atoms. The van der Waals surface area contributed by atoms with Gasteiger partial charge in [0.05, 0.1) is 0 Å². The van der Waals surface area contributed by atoms with Gasteiger partial charge in [0.15, 0.2) is 11.6 Å². The lowest BCUT2D eigenvalue weighted by molar-refractivity contribution is -0.275. The Labute approximate surface area is 180 Å². The molecule has 0 bridgehead atoms. The van der Waals surface area contributed by atoms with Crippen LogP contribution >= 0.6 is 0 Å². The van der Waals surface area contributed by atoms with Crippen molar-refractivity contribution in [2.75, 3.05) is 0 Å². The van der Waals surface area contributed by atoms with Gasteiger partial charge in [-0.3, -0.25) is 0 Å². The maximum absolute atomic E-state index is 14.8. The third-order valence-corrected chi connectivity index (χ3v) is 6.54. The van der Waals surface area contributed by atoms with Crippen LogP contribution in [0.15, 0.2) is 36.4 Å². The molecule has 2 aromatic carbocycles. The summed E-state index contributed by atoms with van der Waals surface area (Å²) in [5.74, 6) is -0.802. The molecule has 1 fully saturated rings. The molecule has 1 saturated carbocycles. The zero-order valence-electron chi connectivity index (χ0n) is 17.9. The highest BCUT2D eigenvalue weighted by molar-refractivity contribution is 5.65. The minimum Gasteiger partial charge on any atom is -0.403 e. The quantitative estimate of drug-likeness (QED) is 0.392. The van der Waals surface area contributed by atoms with E-state index in [2.05, 4.69) is 18.6 Å². The van der Waals surface area contributed by atoms with Gasteiger partial charge in [-0.1, -0.05) is 51.3 Å². The summed E-state index contributed by atoms with van der Waals surface area (Å²) in [4.78, 5) is 0. The molecular weight excluding hydrogens is 411 g/mol. The number of halogens is 5. The Kier molecular flexibility index (Phi) is 7.60. The highest BCUT2D eigenvalue weighted by Gasteiger charge is 2.32. The summed E-state index contributed by atoms with van der Waals surface area (Å²) in [5.41, 5.74) is 1.26. The summed E-state index contributed by atoms with van der Waals surface area (Å²) in [6.45, 7) is 4.51. The summed E-state index contributed by atoms with van der Waals surface area (Å²) in [7, 11) is 0. The number of benzene rings is 2. The summed E-state index contributed by atoms with van der Waals surface area (Å²) in [6, 6.07) is 7.87. The third-order valence-electron chi connectivity index (χ3n) is 6.54. The summed E-state index contributed by atoms with van der Waals surface area (Å²) in [6.07, 6.45) is 3.11. The van der Waals surface area contributed by atoms with Gasteiger partial charge in [0.25, 0.3) is 0 Å². The Morgan fingerprint density at radius 3 is 2.26 bits per heavy atom. The zero-order chi connectivity index (χ0) is 22.6. The molecule has 6 heteroatoms. The molecular formula is C25H29F5O. The molecule has 1 aliphatic rings. The molecule has 3 rings (SSSR count). The molecule has 1 unspecified atom stereocenters. The van der Waals surface area contributed by atoms with Crippen molar-refractivity contribution in [1.29, 1.82) is 0 Å². The SMILES string of the molecule is CCC(C)CCC1CCC(c2ccc(-c3ccc(OC(F)(F)F)c(F)c3)c(F)c2)CC1. The van der Waals surface area contributed by atoms with Gasteiger partial charge in [0.1, 0.15) is 5.82 Å². The van der Waals surface area contributed by atoms with Crippen molar-refractivity contribution in [3.63, 3.8) is 0 Å². The predicted octanol–water partition coefficient (Wildman–Crippen LogP) is 8.63. The maximum Gasteiger partial charge on any atom is 0.573 e. The molecule has 1 aliphatic carbocycles. The van der Waals surface area contributed by atoms with E-state index in [1.165, 1.54) is 31.4 Å². The van der Waals surface area contributed by atoms with Crippen LogP contribution in [-0.4, -0.2) is 6.36 Å². The maximum atomic E-state index is 14.8. The number of hydrogen-bond donors (Lipinski definition) is 0. The van der Waals surface area contributed by atoms with Crippen molar-refractivity contribution < 1.29 is 26.7 Å². The Morgan fingerprint density at radius 2 is 1.68 bits per heavy atom. The Balaban J connectivity index is 1.65. The monoisotopic (exact) mass is 440 g/mol. The van der Waals surface area contributed by atoms with E-state index in [-0.39, 0.29) is 11.1 Å². The molecule has 0 N–H and O–H groups in total. The Morgan fingerprint density at radius 1 is 0.968 bits per heavy atom. The fourth-order valence-corrected chi connectivity index (χ4v) is 4.40. The number of rotatable bonds is 7. The second kappa shape index (κ2) is 10.0. The number of ether oxygens (including phenoxy) is 1. The van der Waals surface area contributed by atoms with Gasteiger partial charge in [-0.2, -0.15) is 0 Å². The van der Waals surface area contributed by atoms with E-state index in [9.17, 15) is 22.0 Å². The van der Waals surface area contributed by atoms with E-state index in [0.717, 1.165) is 55.2 Å². The molecule has 0 heterocycles. The van der Waals surface area contributed by atoms with Crippen molar-refractivity contribution >= 4 is 0 Å². The van der Waals surface area contributed by atoms with Crippen molar-refractivity contribution in [1.82, 2.24) is 0 Å². The predicted molar refractivity (Wildman–Crippen MR) is 112 cm³/mol. The third kappa shape index (κ3) is 6.44. The fourth-order valence-electron chi connectivity index (χ4n) is 4.40. The Bertz CT molecular complexity index is 869. The average molecular weight is 440 g/mol. The van der Waals surface area contributed by atoms with Gasteiger partial charge >= 0.3 is 6.36 Å². The van der Waals surface area contributed by atoms with Crippen LogP contribution in [0.5, 0.6) is 5.75 Å². The van der Waals surface area contributed by atoms with E-state index in [4.69, 9.17) is 0 Å². The summed E-state index contributed by atoms with van der Waals surface area (Å²) in [5, 5.41) is 0. The van der Waals surface area contributed by atoms with Crippen LogP contribution in [0.2, 0.25) is 0 Å². The number of hydrogen-bond acceptors (Lipinski definition) is 1. The normalized spacial score (nSPS) is 20.5. The second-order valence-electron chi connectivity index (χ2n) is 8.74. The molecule has 0 radical (unpaired) electrons. The van der Waals surface area contributed by atoms with E-state index in [1.54, 1.807) is 6.07 Å². The zero-order valence-corrected chi connectivity index (χ0v) is 17.9. The largest absolute Gasteiger partial charge is 0.573 e. The lowest BCUT2D eigenvalue weighted by Gasteiger charge is -2.29. The van der Waals surface area contributed by atoms with Crippen LogP contribution in [0.25, 0.3) is 11.1 Å². The molecule has 0 spiro atoms. The van der Waals surface area contributed by atoms with Gasteiger partial charge in [0.2, 0.25) is 0 Å². The van der Waals surface area contributed by atoms with Crippen LogP contribution in [0, 0.1) is 23.5 Å². The van der Waals surface area contributed by atoms with Crippen molar-refractivity contribution in [3.05, 3.63) is 53.6 Å². The van der Waals surface area contributed by atoms with Crippen LogP contribution in [-0.2, 0) is 0 Å². The van der Waals surface area contributed by atoms with Crippen LogP contribution in [0.1, 0.15) is 70.3 Å². The number of alkyl halides is 3. The molecule has 170 valence electrons. The van der Waals surface area contributed by atoms with Gasteiger partial charge in [-0.05, 0) is 72.8 Å². The minimum atomic E-state index is -4.98. The van der Waals surface area contributed by atoms with Gasteiger partial charge in [-0.15, -0.1) is 13.2 Å². The first kappa shape index (κ1) is 23.6. The lowest BCUT2D eigenvalue weighted by Crippen LogP contribution is -2.17. The molecule has 0 aromatic heterocycles. The van der Waals surface area contributed by atoms with Crippen LogP contribution in [0.4, 0.5) is 22.0 Å². The van der Waals surface area contributed by atoms with Gasteiger partial charge in [-0.25, -0.2) is 8.78 Å². The first-order valence-electron chi connectivity index (χ1n) is 11.0. The molecule has 1 atom stereocenters. The van der Waals surface area contributed by atoms with Crippen molar-refractivity contribution in [2.24, 2.45) is 11.8 Å². The average Bonchev–Trinajstić information content (AvgIpc) is 2.73. The lowest BCUT2D eigenvalue weighted by atomic mass is 9.76. The van der Waals surface area contributed by atoms with Crippen molar-refractivity contribution in [3.8, 4) is 16.9 Å².